The summed E-state index contributed by atoms with van der Waals surface area (Å²) in [5, 5.41) is 4.12. The van der Waals surface area contributed by atoms with Crippen LogP contribution < -0.4 is 14.8 Å². The van der Waals surface area contributed by atoms with Crippen molar-refractivity contribution in [2.75, 3.05) is 12.4 Å². The van der Waals surface area contributed by atoms with Gasteiger partial charge in [-0.1, -0.05) is 57.4 Å². The van der Waals surface area contributed by atoms with Crippen molar-refractivity contribution < 1.29 is 9.47 Å². The highest BCUT2D eigenvalue weighted by Gasteiger charge is 2.15. The highest BCUT2D eigenvalue weighted by molar-refractivity contribution is 9.10. The van der Waals surface area contributed by atoms with Crippen molar-refractivity contribution >= 4 is 33.2 Å². The Hall–Kier alpha value is -2.17. The molecule has 0 saturated carbocycles. The number of methoxy groups -OCH3 is 1. The lowest BCUT2D eigenvalue weighted by atomic mass is 10.1. The zero-order chi connectivity index (χ0) is 19.2. The minimum Gasteiger partial charge on any atom is -0.493 e. The molecule has 0 aliphatic carbocycles. The van der Waals surface area contributed by atoms with Crippen molar-refractivity contribution in [2.24, 2.45) is 0 Å². The number of ether oxygens (including phenoxy) is 2. The monoisotopic (exact) mass is 445 g/mol. The van der Waals surface area contributed by atoms with Gasteiger partial charge in [0, 0.05) is 27.3 Å². The molecule has 0 spiro atoms. The van der Waals surface area contributed by atoms with Gasteiger partial charge in [0.05, 0.1) is 7.11 Å². The van der Waals surface area contributed by atoms with Gasteiger partial charge in [0.25, 0.3) is 0 Å². The first kappa shape index (κ1) is 19.6. The summed E-state index contributed by atoms with van der Waals surface area (Å²) < 4.78 is 12.7. The second-order valence-electron chi connectivity index (χ2n) is 6.20. The summed E-state index contributed by atoms with van der Waals surface area (Å²) >= 11 is 9.59. The van der Waals surface area contributed by atoms with E-state index in [0.29, 0.717) is 23.9 Å². The number of benzene rings is 3. The molecule has 0 aromatic heterocycles. The van der Waals surface area contributed by atoms with Crippen molar-refractivity contribution in [1.82, 2.24) is 0 Å². The van der Waals surface area contributed by atoms with Crippen LogP contribution in [0.15, 0.2) is 65.1 Å². The number of aryl methyl sites for hydroxylation is 1. The van der Waals surface area contributed by atoms with Crippen LogP contribution in [0.1, 0.15) is 16.7 Å². The Kier molecular flexibility index (Phi) is 6.64. The maximum absolute atomic E-state index is 6.17. The zero-order valence-corrected chi connectivity index (χ0v) is 17.6. The van der Waals surface area contributed by atoms with E-state index >= 15 is 0 Å². The summed E-state index contributed by atoms with van der Waals surface area (Å²) in [5.41, 5.74) is 4.31. The maximum Gasteiger partial charge on any atom is 0.167 e. The number of nitrogens with one attached hydrogen (secondary N) is 1. The first-order valence-electron chi connectivity index (χ1n) is 8.60. The van der Waals surface area contributed by atoms with Crippen LogP contribution in [0.4, 0.5) is 5.69 Å². The van der Waals surface area contributed by atoms with Crippen molar-refractivity contribution in [3.8, 4) is 11.5 Å². The molecule has 0 aliphatic heterocycles. The normalized spacial score (nSPS) is 10.5. The van der Waals surface area contributed by atoms with E-state index in [1.54, 1.807) is 7.11 Å². The molecule has 27 heavy (non-hydrogen) atoms. The molecular weight excluding hydrogens is 426 g/mol. The smallest absolute Gasteiger partial charge is 0.167 e. The van der Waals surface area contributed by atoms with Crippen LogP contribution >= 0.6 is 27.5 Å². The Balaban J connectivity index is 1.82. The average Bonchev–Trinajstić information content (AvgIpc) is 2.67. The third-order valence-electron chi connectivity index (χ3n) is 4.17. The van der Waals surface area contributed by atoms with Gasteiger partial charge < -0.3 is 14.8 Å². The molecule has 0 amide bonds. The molecule has 0 fully saturated rings. The fraction of sp³-hybridized carbons (Fsp3) is 0.182. The van der Waals surface area contributed by atoms with Gasteiger partial charge in [-0.3, -0.25) is 0 Å². The van der Waals surface area contributed by atoms with Crippen LogP contribution in [0.2, 0.25) is 5.02 Å². The van der Waals surface area contributed by atoms with Crippen LogP contribution in [-0.4, -0.2) is 7.11 Å². The van der Waals surface area contributed by atoms with Crippen LogP contribution in [0, 0.1) is 6.92 Å². The molecule has 140 valence electrons. The van der Waals surface area contributed by atoms with E-state index in [0.717, 1.165) is 27.0 Å². The van der Waals surface area contributed by atoms with Gasteiger partial charge in [0.15, 0.2) is 11.5 Å². The Labute approximate surface area is 173 Å². The van der Waals surface area contributed by atoms with E-state index < -0.39 is 0 Å². The summed E-state index contributed by atoms with van der Waals surface area (Å²) in [4.78, 5) is 0. The molecule has 3 rings (SSSR count). The van der Waals surface area contributed by atoms with E-state index in [4.69, 9.17) is 21.1 Å². The van der Waals surface area contributed by atoms with E-state index in [-0.39, 0.29) is 0 Å². The van der Waals surface area contributed by atoms with Crippen molar-refractivity contribution in [3.05, 3.63) is 86.8 Å². The summed E-state index contributed by atoms with van der Waals surface area (Å²) in [6, 6.07) is 19.8. The van der Waals surface area contributed by atoms with E-state index in [2.05, 4.69) is 46.4 Å². The van der Waals surface area contributed by atoms with Crippen LogP contribution in [-0.2, 0) is 13.2 Å². The van der Waals surface area contributed by atoms with Gasteiger partial charge >= 0.3 is 0 Å². The van der Waals surface area contributed by atoms with Gasteiger partial charge in [-0.05, 0) is 48.9 Å². The Morgan fingerprint density at radius 1 is 1.04 bits per heavy atom. The van der Waals surface area contributed by atoms with Gasteiger partial charge in [-0.15, -0.1) is 0 Å². The number of hydrogen-bond acceptors (Lipinski definition) is 3. The predicted octanol–water partition coefficient (Wildman–Crippen LogP) is 6.61. The minimum absolute atomic E-state index is 0.475. The van der Waals surface area contributed by atoms with Crippen LogP contribution in [0.5, 0.6) is 11.5 Å². The largest absolute Gasteiger partial charge is 0.493 e. The second kappa shape index (κ2) is 9.16. The zero-order valence-electron chi connectivity index (χ0n) is 15.3. The molecule has 3 nitrogen and oxygen atoms in total. The lowest BCUT2D eigenvalue weighted by molar-refractivity contribution is 0.281. The molecule has 1 N–H and O–H groups in total. The topological polar surface area (TPSA) is 30.5 Å². The number of rotatable bonds is 7. The molecule has 3 aromatic rings. The summed E-state index contributed by atoms with van der Waals surface area (Å²) in [7, 11) is 1.65. The maximum atomic E-state index is 6.17. The number of halogens is 2. The lowest BCUT2D eigenvalue weighted by Gasteiger charge is -2.18. The third-order valence-corrected chi connectivity index (χ3v) is 5.16. The molecule has 0 saturated heterocycles. The van der Waals surface area contributed by atoms with Crippen molar-refractivity contribution in [1.29, 1.82) is 0 Å². The minimum atomic E-state index is 0.475. The molecule has 3 aromatic carbocycles. The number of anilines is 1. The molecular formula is C22H21BrClNO2. The molecule has 0 bridgehead atoms. The molecule has 0 aliphatic rings. The summed E-state index contributed by atoms with van der Waals surface area (Å²) in [5.74, 6) is 1.44. The summed E-state index contributed by atoms with van der Waals surface area (Å²) in [6.07, 6.45) is 0. The Morgan fingerprint density at radius 2 is 1.81 bits per heavy atom. The van der Waals surface area contributed by atoms with Crippen LogP contribution in [0.25, 0.3) is 0 Å². The summed E-state index contributed by atoms with van der Waals surface area (Å²) in [6.45, 7) is 3.13. The molecule has 0 radical (unpaired) electrons. The fourth-order valence-corrected chi connectivity index (χ4v) is 3.36. The van der Waals surface area contributed by atoms with Gasteiger partial charge in [0.2, 0.25) is 0 Å². The van der Waals surface area contributed by atoms with Gasteiger partial charge in [-0.25, -0.2) is 0 Å². The third kappa shape index (κ3) is 5.18. The highest BCUT2D eigenvalue weighted by atomic mass is 79.9. The van der Waals surface area contributed by atoms with E-state index in [9.17, 15) is 0 Å². The van der Waals surface area contributed by atoms with Crippen molar-refractivity contribution in [2.45, 2.75) is 20.1 Å². The average molecular weight is 447 g/mol. The number of hydrogen-bond donors (Lipinski definition) is 1. The Bertz CT molecular complexity index is 913. The molecule has 0 atom stereocenters. The standard InChI is InChI=1S/C22H21BrClNO2/c1-15-4-3-5-16(12-15)14-27-22-19(20(23)10-11-21(22)26-2)13-25-18-8-6-17(24)7-9-18/h3-12,25H,13-14H2,1-2H3. The molecule has 0 unspecified atom stereocenters. The quantitative estimate of drug-likeness (QED) is 0.443. The highest BCUT2D eigenvalue weighted by Crippen LogP contribution is 2.37. The first-order valence-corrected chi connectivity index (χ1v) is 9.77. The second-order valence-corrected chi connectivity index (χ2v) is 7.49. The van der Waals surface area contributed by atoms with E-state index in [1.165, 1.54) is 5.56 Å². The van der Waals surface area contributed by atoms with Gasteiger partial charge in [0.1, 0.15) is 6.61 Å². The van der Waals surface area contributed by atoms with Gasteiger partial charge in [-0.2, -0.15) is 0 Å². The molecule has 0 heterocycles. The lowest BCUT2D eigenvalue weighted by Crippen LogP contribution is -2.06. The SMILES string of the molecule is COc1ccc(Br)c(CNc2ccc(Cl)cc2)c1OCc1cccc(C)c1. The van der Waals surface area contributed by atoms with E-state index in [1.807, 2.05) is 42.5 Å². The Morgan fingerprint density at radius 3 is 2.52 bits per heavy atom. The predicted molar refractivity (Wildman–Crippen MR) is 115 cm³/mol. The van der Waals surface area contributed by atoms with Crippen LogP contribution in [0.3, 0.4) is 0 Å². The first-order chi connectivity index (χ1) is 13.1. The fourth-order valence-electron chi connectivity index (χ4n) is 2.78. The van der Waals surface area contributed by atoms with Crippen molar-refractivity contribution in [3.63, 3.8) is 0 Å². The molecule has 5 heteroatoms.